The zero-order valence-corrected chi connectivity index (χ0v) is 10.6. The first-order valence-electron chi connectivity index (χ1n) is 6.31. The van der Waals surface area contributed by atoms with E-state index in [9.17, 15) is 4.79 Å². The molecule has 0 aliphatic heterocycles. The molecule has 1 aliphatic rings. The molecular weight excluding hydrogens is 230 g/mol. The first-order valence-corrected chi connectivity index (χ1v) is 6.31. The molecule has 0 radical (unpaired) electrons. The zero-order valence-electron chi connectivity index (χ0n) is 10.6. The first-order chi connectivity index (χ1) is 8.70. The summed E-state index contributed by atoms with van der Waals surface area (Å²) in [6.45, 7) is 0.504. The smallest absolute Gasteiger partial charge is 0.340 e. The molecule has 0 bridgehead atoms. The summed E-state index contributed by atoms with van der Waals surface area (Å²) in [6.07, 6.45) is 4.80. The maximum atomic E-state index is 11.9. The van der Waals surface area contributed by atoms with Crippen LogP contribution in [0, 0.1) is 5.92 Å². The molecule has 1 aliphatic carbocycles. The average Bonchev–Trinajstić information content (AvgIpc) is 2.88. The number of carbonyl (C=O) groups excluding carboxylic acids is 1. The first kappa shape index (κ1) is 12.7. The maximum absolute atomic E-state index is 11.9. The van der Waals surface area contributed by atoms with E-state index in [1.54, 1.807) is 25.3 Å². The summed E-state index contributed by atoms with van der Waals surface area (Å²) < 4.78 is 10.3. The summed E-state index contributed by atoms with van der Waals surface area (Å²) >= 11 is 0. The fourth-order valence-corrected chi connectivity index (χ4v) is 2.30. The summed E-state index contributed by atoms with van der Waals surface area (Å²) in [7, 11) is 1.56. The Kier molecular flexibility index (Phi) is 4.07. The SMILES string of the molecule is COc1ccc(C(=O)OCC2CCCC2)c(N)c1. The van der Waals surface area contributed by atoms with Crippen LogP contribution in [0.2, 0.25) is 0 Å². The lowest BCUT2D eigenvalue weighted by Gasteiger charge is -2.11. The van der Waals surface area contributed by atoms with E-state index < -0.39 is 0 Å². The van der Waals surface area contributed by atoms with E-state index >= 15 is 0 Å². The van der Waals surface area contributed by atoms with Gasteiger partial charge in [0.25, 0.3) is 0 Å². The number of benzene rings is 1. The van der Waals surface area contributed by atoms with Crippen LogP contribution >= 0.6 is 0 Å². The summed E-state index contributed by atoms with van der Waals surface area (Å²) in [5, 5.41) is 0. The van der Waals surface area contributed by atoms with E-state index in [0.717, 1.165) is 12.8 Å². The van der Waals surface area contributed by atoms with Crippen LogP contribution in [0.5, 0.6) is 5.75 Å². The van der Waals surface area contributed by atoms with E-state index in [2.05, 4.69) is 0 Å². The van der Waals surface area contributed by atoms with Gasteiger partial charge < -0.3 is 15.2 Å². The molecule has 98 valence electrons. The Morgan fingerprint density at radius 2 is 2.11 bits per heavy atom. The second kappa shape index (κ2) is 5.76. The van der Waals surface area contributed by atoms with Gasteiger partial charge in [-0.3, -0.25) is 0 Å². The molecule has 1 aromatic carbocycles. The van der Waals surface area contributed by atoms with Gasteiger partial charge in [0.2, 0.25) is 0 Å². The third-order valence-corrected chi connectivity index (χ3v) is 3.40. The molecule has 1 saturated carbocycles. The van der Waals surface area contributed by atoms with Gasteiger partial charge >= 0.3 is 5.97 Å². The third kappa shape index (κ3) is 2.94. The van der Waals surface area contributed by atoms with E-state index in [1.165, 1.54) is 12.8 Å². The van der Waals surface area contributed by atoms with Crippen LogP contribution in [0.4, 0.5) is 5.69 Å². The van der Waals surface area contributed by atoms with Crippen molar-refractivity contribution in [3.63, 3.8) is 0 Å². The van der Waals surface area contributed by atoms with Crippen LogP contribution in [0.3, 0.4) is 0 Å². The minimum atomic E-state index is -0.345. The van der Waals surface area contributed by atoms with Gasteiger partial charge in [-0.1, -0.05) is 12.8 Å². The van der Waals surface area contributed by atoms with Crippen molar-refractivity contribution in [1.82, 2.24) is 0 Å². The molecule has 0 spiro atoms. The highest BCUT2D eigenvalue weighted by Gasteiger charge is 2.18. The second-order valence-corrected chi connectivity index (χ2v) is 4.70. The molecule has 0 amide bonds. The lowest BCUT2D eigenvalue weighted by atomic mass is 10.1. The normalized spacial score (nSPS) is 15.6. The number of methoxy groups -OCH3 is 1. The Balaban J connectivity index is 1.95. The Labute approximate surface area is 107 Å². The van der Waals surface area contributed by atoms with Crippen LogP contribution in [-0.2, 0) is 4.74 Å². The number of anilines is 1. The molecule has 0 saturated heterocycles. The number of hydrogen-bond acceptors (Lipinski definition) is 4. The highest BCUT2D eigenvalue weighted by molar-refractivity contribution is 5.95. The molecule has 0 heterocycles. The molecule has 2 rings (SSSR count). The zero-order chi connectivity index (χ0) is 13.0. The van der Waals surface area contributed by atoms with Crippen molar-refractivity contribution in [3.8, 4) is 5.75 Å². The molecule has 4 nitrogen and oxygen atoms in total. The van der Waals surface area contributed by atoms with Crippen molar-refractivity contribution in [3.05, 3.63) is 23.8 Å². The monoisotopic (exact) mass is 249 g/mol. The summed E-state index contributed by atoms with van der Waals surface area (Å²) in [5.41, 5.74) is 6.61. The number of ether oxygens (including phenoxy) is 2. The Bertz CT molecular complexity index is 425. The summed E-state index contributed by atoms with van der Waals surface area (Å²) in [5.74, 6) is 0.815. The number of hydrogen-bond donors (Lipinski definition) is 1. The Morgan fingerprint density at radius 1 is 1.39 bits per heavy atom. The third-order valence-electron chi connectivity index (χ3n) is 3.40. The van der Waals surface area contributed by atoms with Gasteiger partial charge in [-0.15, -0.1) is 0 Å². The van der Waals surface area contributed by atoms with Crippen molar-refractivity contribution < 1.29 is 14.3 Å². The van der Waals surface area contributed by atoms with E-state index in [4.69, 9.17) is 15.2 Å². The lowest BCUT2D eigenvalue weighted by molar-refractivity contribution is 0.0444. The molecular formula is C14H19NO3. The highest BCUT2D eigenvalue weighted by atomic mass is 16.5. The van der Waals surface area contributed by atoms with E-state index in [-0.39, 0.29) is 5.97 Å². The van der Waals surface area contributed by atoms with E-state index in [0.29, 0.717) is 29.5 Å². The predicted molar refractivity (Wildman–Crippen MR) is 69.6 cm³/mol. The fraction of sp³-hybridized carbons (Fsp3) is 0.500. The van der Waals surface area contributed by atoms with Crippen LogP contribution in [0.25, 0.3) is 0 Å². The highest BCUT2D eigenvalue weighted by Crippen LogP contribution is 2.26. The van der Waals surface area contributed by atoms with Crippen LogP contribution in [0.15, 0.2) is 18.2 Å². The lowest BCUT2D eigenvalue weighted by Crippen LogP contribution is -2.13. The van der Waals surface area contributed by atoms with Crippen molar-refractivity contribution in [2.75, 3.05) is 19.5 Å². The topological polar surface area (TPSA) is 61.5 Å². The number of carbonyl (C=O) groups is 1. The van der Waals surface area contributed by atoms with Crippen molar-refractivity contribution in [1.29, 1.82) is 0 Å². The van der Waals surface area contributed by atoms with Crippen LogP contribution < -0.4 is 10.5 Å². The van der Waals surface area contributed by atoms with E-state index in [1.807, 2.05) is 0 Å². The van der Waals surface area contributed by atoms with Gasteiger partial charge in [0.15, 0.2) is 0 Å². The largest absolute Gasteiger partial charge is 0.497 e. The van der Waals surface area contributed by atoms with Gasteiger partial charge in [0.05, 0.1) is 19.3 Å². The van der Waals surface area contributed by atoms with Crippen molar-refractivity contribution in [2.24, 2.45) is 5.92 Å². The minimum Gasteiger partial charge on any atom is -0.497 e. The number of nitrogens with two attached hydrogens (primary N) is 1. The Hall–Kier alpha value is -1.71. The average molecular weight is 249 g/mol. The quantitative estimate of drug-likeness (QED) is 0.658. The molecule has 0 unspecified atom stereocenters. The molecule has 4 heteroatoms. The van der Waals surface area contributed by atoms with Gasteiger partial charge in [-0.2, -0.15) is 0 Å². The molecule has 2 N–H and O–H groups in total. The van der Waals surface area contributed by atoms with Crippen LogP contribution in [0.1, 0.15) is 36.0 Å². The van der Waals surface area contributed by atoms with Crippen molar-refractivity contribution >= 4 is 11.7 Å². The minimum absolute atomic E-state index is 0.345. The molecule has 1 aromatic rings. The summed E-state index contributed by atoms with van der Waals surface area (Å²) in [4.78, 5) is 11.9. The molecule has 1 fully saturated rings. The summed E-state index contributed by atoms with van der Waals surface area (Å²) in [6, 6.07) is 4.99. The second-order valence-electron chi connectivity index (χ2n) is 4.70. The predicted octanol–water partition coefficient (Wildman–Crippen LogP) is 2.62. The Morgan fingerprint density at radius 3 is 2.72 bits per heavy atom. The number of esters is 1. The molecule has 0 atom stereocenters. The van der Waals surface area contributed by atoms with Gasteiger partial charge in [0, 0.05) is 11.8 Å². The van der Waals surface area contributed by atoms with Gasteiger partial charge in [-0.25, -0.2) is 4.79 Å². The number of nitrogen functional groups attached to an aromatic ring is 1. The van der Waals surface area contributed by atoms with Crippen molar-refractivity contribution in [2.45, 2.75) is 25.7 Å². The standard InChI is InChI=1S/C14H19NO3/c1-17-11-6-7-12(13(15)8-11)14(16)18-9-10-4-2-3-5-10/h6-8,10H,2-5,9,15H2,1H3. The van der Waals surface area contributed by atoms with Gasteiger partial charge in [-0.05, 0) is 30.9 Å². The molecule has 18 heavy (non-hydrogen) atoms. The number of rotatable bonds is 4. The maximum Gasteiger partial charge on any atom is 0.340 e. The molecule has 0 aromatic heterocycles. The fourth-order valence-electron chi connectivity index (χ4n) is 2.30. The van der Waals surface area contributed by atoms with Gasteiger partial charge in [0.1, 0.15) is 5.75 Å². The van der Waals surface area contributed by atoms with Crippen LogP contribution in [-0.4, -0.2) is 19.7 Å².